The fourth-order valence-electron chi connectivity index (χ4n) is 1.37. The second-order valence-electron chi connectivity index (χ2n) is 3.17. The summed E-state index contributed by atoms with van der Waals surface area (Å²) in [4.78, 5) is 2.21. The van der Waals surface area contributed by atoms with Crippen LogP contribution in [0.1, 0.15) is 5.69 Å². The van der Waals surface area contributed by atoms with Crippen LogP contribution >= 0.6 is 23.5 Å². The van der Waals surface area contributed by atoms with E-state index in [0.717, 1.165) is 23.9 Å². The molecule has 4 nitrogen and oxygen atoms in total. The quantitative estimate of drug-likeness (QED) is 0.768. The molecule has 1 aliphatic heterocycles. The van der Waals surface area contributed by atoms with Gasteiger partial charge in [0.2, 0.25) is 0 Å². The summed E-state index contributed by atoms with van der Waals surface area (Å²) in [5.41, 5.74) is 2.25. The lowest BCUT2D eigenvalue weighted by Gasteiger charge is -2.23. The van der Waals surface area contributed by atoms with E-state index in [-0.39, 0.29) is 0 Å². The average molecular weight is 228 g/mol. The molecule has 1 aromatic rings. The molecular weight excluding hydrogens is 216 g/mol. The third-order valence-corrected chi connectivity index (χ3v) is 3.35. The molecular formula is C8H12N4S2. The van der Waals surface area contributed by atoms with Crippen molar-refractivity contribution in [2.45, 2.75) is 5.03 Å². The molecule has 0 aromatic carbocycles. The highest BCUT2D eigenvalue weighted by Crippen LogP contribution is 2.25. The highest BCUT2D eigenvalue weighted by molar-refractivity contribution is 7.98. The molecule has 0 saturated heterocycles. The van der Waals surface area contributed by atoms with Crippen molar-refractivity contribution in [1.82, 2.24) is 19.0 Å². The second kappa shape index (κ2) is 4.29. The SMILES string of the molecule is CSc1nsnc1C1=CNCN(C)C1. The Bertz CT molecular complexity index is 347. The van der Waals surface area contributed by atoms with E-state index in [1.54, 1.807) is 11.8 Å². The number of likely N-dealkylation sites (N-methyl/N-ethyl adjacent to an activating group) is 1. The number of hydrogen-bond donors (Lipinski definition) is 1. The highest BCUT2D eigenvalue weighted by atomic mass is 32.2. The Morgan fingerprint density at radius 1 is 1.57 bits per heavy atom. The van der Waals surface area contributed by atoms with Crippen molar-refractivity contribution >= 4 is 29.1 Å². The topological polar surface area (TPSA) is 41.1 Å². The van der Waals surface area contributed by atoms with Gasteiger partial charge in [-0.1, -0.05) is 0 Å². The average Bonchev–Trinajstić information content (AvgIpc) is 2.65. The van der Waals surface area contributed by atoms with Crippen LogP contribution < -0.4 is 5.32 Å². The maximum atomic E-state index is 4.32. The first-order valence-corrected chi connectivity index (χ1v) is 6.24. The maximum Gasteiger partial charge on any atom is 0.138 e. The van der Waals surface area contributed by atoms with Crippen molar-refractivity contribution in [3.63, 3.8) is 0 Å². The molecule has 0 spiro atoms. The third kappa shape index (κ3) is 1.92. The molecule has 0 bridgehead atoms. The van der Waals surface area contributed by atoms with Gasteiger partial charge in [0, 0.05) is 18.3 Å². The molecule has 0 unspecified atom stereocenters. The fraction of sp³-hybridized carbons (Fsp3) is 0.500. The fourth-order valence-corrected chi connectivity index (χ4v) is 2.68. The Labute approximate surface area is 91.7 Å². The van der Waals surface area contributed by atoms with Crippen LogP contribution in [0.5, 0.6) is 0 Å². The summed E-state index contributed by atoms with van der Waals surface area (Å²) in [5, 5.41) is 4.24. The molecule has 2 heterocycles. The standard InChI is InChI=1S/C8H12N4S2/c1-12-4-6(3-9-5-12)7-8(13-2)11-14-10-7/h3,9H,4-5H2,1-2H3. The van der Waals surface area contributed by atoms with Crippen LogP contribution in [0.3, 0.4) is 0 Å². The summed E-state index contributed by atoms with van der Waals surface area (Å²) in [5.74, 6) is 0. The van der Waals surface area contributed by atoms with E-state index in [0.29, 0.717) is 0 Å². The molecule has 1 aromatic heterocycles. The van der Waals surface area contributed by atoms with Crippen LogP contribution in [-0.4, -0.2) is 40.2 Å². The summed E-state index contributed by atoms with van der Waals surface area (Å²) in [7, 11) is 2.08. The van der Waals surface area contributed by atoms with Gasteiger partial charge in [-0.3, -0.25) is 4.90 Å². The van der Waals surface area contributed by atoms with Gasteiger partial charge >= 0.3 is 0 Å². The normalized spacial score (nSPS) is 17.7. The lowest BCUT2D eigenvalue weighted by atomic mass is 10.2. The summed E-state index contributed by atoms with van der Waals surface area (Å²) in [6, 6.07) is 0. The highest BCUT2D eigenvalue weighted by Gasteiger charge is 2.16. The number of nitrogens with one attached hydrogen (secondary N) is 1. The first-order chi connectivity index (χ1) is 6.81. The van der Waals surface area contributed by atoms with Gasteiger partial charge in [0.05, 0.1) is 18.4 Å². The Kier molecular flexibility index (Phi) is 3.05. The van der Waals surface area contributed by atoms with E-state index in [1.165, 1.54) is 17.3 Å². The van der Waals surface area contributed by atoms with Gasteiger partial charge in [0.15, 0.2) is 0 Å². The van der Waals surface area contributed by atoms with Crippen molar-refractivity contribution in [3.8, 4) is 0 Å². The summed E-state index contributed by atoms with van der Waals surface area (Å²) >= 11 is 2.92. The Morgan fingerprint density at radius 3 is 3.14 bits per heavy atom. The van der Waals surface area contributed by atoms with Crippen molar-refractivity contribution < 1.29 is 0 Å². The largest absolute Gasteiger partial charge is 0.378 e. The maximum absolute atomic E-state index is 4.32. The summed E-state index contributed by atoms with van der Waals surface area (Å²) in [6.45, 7) is 1.83. The molecule has 0 radical (unpaired) electrons. The number of rotatable bonds is 2. The third-order valence-electron chi connectivity index (χ3n) is 2.03. The van der Waals surface area contributed by atoms with Crippen LogP contribution in [0.2, 0.25) is 0 Å². The molecule has 0 saturated carbocycles. The Morgan fingerprint density at radius 2 is 2.43 bits per heavy atom. The number of aromatic nitrogens is 2. The zero-order chi connectivity index (χ0) is 9.97. The molecule has 1 aliphatic rings. The number of thioether (sulfide) groups is 1. The van der Waals surface area contributed by atoms with Gasteiger partial charge in [0.25, 0.3) is 0 Å². The van der Waals surface area contributed by atoms with E-state index < -0.39 is 0 Å². The zero-order valence-corrected chi connectivity index (χ0v) is 9.78. The van der Waals surface area contributed by atoms with E-state index in [1.807, 2.05) is 12.5 Å². The minimum absolute atomic E-state index is 0.898. The molecule has 6 heteroatoms. The number of nitrogens with zero attached hydrogens (tertiary/aromatic N) is 3. The predicted octanol–water partition coefficient (Wildman–Crippen LogP) is 1.09. The molecule has 14 heavy (non-hydrogen) atoms. The smallest absolute Gasteiger partial charge is 0.138 e. The lowest BCUT2D eigenvalue weighted by Crippen LogP contribution is -2.34. The summed E-state index contributed by atoms with van der Waals surface area (Å²) in [6.07, 6.45) is 4.07. The molecule has 0 aliphatic carbocycles. The van der Waals surface area contributed by atoms with E-state index >= 15 is 0 Å². The molecule has 76 valence electrons. The van der Waals surface area contributed by atoms with Gasteiger partial charge in [-0.25, -0.2) is 0 Å². The van der Waals surface area contributed by atoms with Gasteiger partial charge in [-0.2, -0.15) is 8.75 Å². The molecule has 0 fully saturated rings. The van der Waals surface area contributed by atoms with Crippen molar-refractivity contribution in [2.75, 3.05) is 26.5 Å². The van der Waals surface area contributed by atoms with Gasteiger partial charge < -0.3 is 5.32 Å². The number of hydrogen-bond acceptors (Lipinski definition) is 6. The van der Waals surface area contributed by atoms with Crippen LogP contribution in [-0.2, 0) is 0 Å². The van der Waals surface area contributed by atoms with Crippen molar-refractivity contribution in [2.24, 2.45) is 0 Å². The van der Waals surface area contributed by atoms with Crippen molar-refractivity contribution in [3.05, 3.63) is 11.9 Å². The zero-order valence-electron chi connectivity index (χ0n) is 8.15. The van der Waals surface area contributed by atoms with Crippen LogP contribution in [0.25, 0.3) is 5.57 Å². The van der Waals surface area contributed by atoms with Crippen LogP contribution in [0.4, 0.5) is 0 Å². The van der Waals surface area contributed by atoms with Crippen LogP contribution in [0.15, 0.2) is 11.2 Å². The molecule has 1 N–H and O–H groups in total. The van der Waals surface area contributed by atoms with E-state index in [4.69, 9.17) is 0 Å². The first-order valence-electron chi connectivity index (χ1n) is 4.29. The van der Waals surface area contributed by atoms with E-state index in [2.05, 4.69) is 26.0 Å². The van der Waals surface area contributed by atoms with Crippen LogP contribution in [0, 0.1) is 0 Å². The minimum Gasteiger partial charge on any atom is -0.378 e. The van der Waals surface area contributed by atoms with E-state index in [9.17, 15) is 0 Å². The Hall–Kier alpha value is -0.590. The molecule has 2 rings (SSSR count). The Balaban J connectivity index is 2.26. The minimum atomic E-state index is 0.898. The first kappa shape index (κ1) is 9.95. The predicted molar refractivity (Wildman–Crippen MR) is 60.3 cm³/mol. The summed E-state index contributed by atoms with van der Waals surface area (Å²) < 4.78 is 8.56. The monoisotopic (exact) mass is 228 g/mol. The molecule has 0 amide bonds. The van der Waals surface area contributed by atoms with Gasteiger partial charge in [-0.15, -0.1) is 11.8 Å². The van der Waals surface area contributed by atoms with Gasteiger partial charge in [0.1, 0.15) is 10.7 Å². The van der Waals surface area contributed by atoms with Crippen molar-refractivity contribution in [1.29, 1.82) is 0 Å². The molecule has 0 atom stereocenters. The van der Waals surface area contributed by atoms with Gasteiger partial charge in [-0.05, 0) is 13.3 Å². The lowest BCUT2D eigenvalue weighted by molar-refractivity contribution is 0.349. The second-order valence-corrected chi connectivity index (χ2v) is 4.49.